The fraction of sp³-hybridized carbons (Fsp3) is 0.643. The van der Waals surface area contributed by atoms with Crippen LogP contribution in [-0.4, -0.2) is 11.1 Å². The molecule has 0 fully saturated rings. The molecule has 0 saturated heterocycles. The monoisotopic (exact) mass is 619 g/mol. The summed E-state index contributed by atoms with van der Waals surface area (Å²) in [5.41, 5.74) is 9.29. The van der Waals surface area contributed by atoms with Crippen LogP contribution in [0, 0.1) is 13.8 Å². The third-order valence-electron chi connectivity index (χ3n) is 9.82. The summed E-state index contributed by atoms with van der Waals surface area (Å²) >= 11 is 0. The van der Waals surface area contributed by atoms with Gasteiger partial charge >= 0.3 is 5.97 Å². The Hall–Kier alpha value is -2.55. The molecule has 0 amide bonds. The van der Waals surface area contributed by atoms with Crippen LogP contribution in [0.2, 0.25) is 0 Å². The fourth-order valence-corrected chi connectivity index (χ4v) is 7.28. The van der Waals surface area contributed by atoms with E-state index in [4.69, 9.17) is 4.74 Å². The Morgan fingerprint density at radius 3 is 1.73 bits per heavy atom. The number of unbranched alkanes of at least 4 members (excludes halogenated alkanes) is 6. The van der Waals surface area contributed by atoms with Crippen LogP contribution in [0.15, 0.2) is 24.8 Å². The van der Waals surface area contributed by atoms with E-state index < -0.39 is 11.4 Å². The molecule has 2 aromatic carbocycles. The van der Waals surface area contributed by atoms with Gasteiger partial charge in [0, 0.05) is 22.6 Å². The highest BCUT2D eigenvalue weighted by molar-refractivity contribution is 5.84. The number of hydrogen-bond donors (Lipinski definition) is 1. The minimum Gasteiger partial charge on any atom is -0.507 e. The Bertz CT molecular complexity index is 1210. The summed E-state index contributed by atoms with van der Waals surface area (Å²) in [6.07, 6.45) is 19.7. The Labute approximate surface area is 277 Å². The second-order valence-corrected chi connectivity index (χ2v) is 13.4. The summed E-state index contributed by atoms with van der Waals surface area (Å²) in [6, 6.07) is 4.49. The van der Waals surface area contributed by atoms with Crippen LogP contribution in [-0.2, 0) is 35.9 Å². The summed E-state index contributed by atoms with van der Waals surface area (Å²) in [5.74, 6) is 0.814. The first-order chi connectivity index (χ1) is 21.7. The lowest BCUT2D eigenvalue weighted by atomic mass is 9.63. The van der Waals surface area contributed by atoms with E-state index in [-0.39, 0.29) is 0 Å². The average Bonchev–Trinajstić information content (AvgIpc) is 3.04. The molecule has 0 heterocycles. The fourth-order valence-electron chi connectivity index (χ4n) is 7.28. The van der Waals surface area contributed by atoms with Crippen molar-refractivity contribution in [3.63, 3.8) is 0 Å². The maximum absolute atomic E-state index is 13.0. The number of rotatable bonds is 22. The van der Waals surface area contributed by atoms with Crippen LogP contribution in [0.1, 0.15) is 176 Å². The van der Waals surface area contributed by atoms with Gasteiger partial charge in [-0.2, -0.15) is 0 Å². The summed E-state index contributed by atoms with van der Waals surface area (Å²) in [4.78, 5) is 13.0. The molecule has 0 aliphatic rings. The van der Waals surface area contributed by atoms with Crippen molar-refractivity contribution >= 4 is 5.97 Å². The molecule has 3 heteroatoms. The number of benzene rings is 2. The number of phenols is 1. The third kappa shape index (κ3) is 9.72. The first-order valence-corrected chi connectivity index (χ1v) is 18.6. The zero-order valence-corrected chi connectivity index (χ0v) is 30.4. The molecule has 0 aromatic heterocycles. The highest BCUT2D eigenvalue weighted by Crippen LogP contribution is 2.53. The van der Waals surface area contributed by atoms with Crippen LogP contribution in [0.25, 0.3) is 0 Å². The zero-order chi connectivity index (χ0) is 33.4. The Morgan fingerprint density at radius 2 is 1.22 bits per heavy atom. The first-order valence-electron chi connectivity index (χ1n) is 18.6. The van der Waals surface area contributed by atoms with Crippen LogP contribution >= 0.6 is 0 Å². The van der Waals surface area contributed by atoms with Gasteiger partial charge in [0.15, 0.2) is 0 Å². The van der Waals surface area contributed by atoms with Crippen molar-refractivity contribution in [3.8, 4) is 11.5 Å². The van der Waals surface area contributed by atoms with E-state index in [9.17, 15) is 9.90 Å². The van der Waals surface area contributed by atoms with Gasteiger partial charge in [-0.25, -0.2) is 4.79 Å². The molecule has 0 radical (unpaired) electrons. The van der Waals surface area contributed by atoms with E-state index in [1.807, 2.05) is 0 Å². The summed E-state index contributed by atoms with van der Waals surface area (Å²) in [7, 11) is 0. The van der Waals surface area contributed by atoms with Gasteiger partial charge < -0.3 is 9.84 Å². The summed E-state index contributed by atoms with van der Waals surface area (Å²) < 4.78 is 6.29. The van der Waals surface area contributed by atoms with Gasteiger partial charge in [0.2, 0.25) is 0 Å². The zero-order valence-electron chi connectivity index (χ0n) is 30.4. The van der Waals surface area contributed by atoms with Crippen LogP contribution in [0.5, 0.6) is 11.5 Å². The van der Waals surface area contributed by atoms with Crippen LogP contribution in [0.3, 0.4) is 0 Å². The van der Waals surface area contributed by atoms with E-state index in [0.717, 1.165) is 132 Å². The van der Waals surface area contributed by atoms with Crippen molar-refractivity contribution in [2.24, 2.45) is 0 Å². The van der Waals surface area contributed by atoms with Gasteiger partial charge in [-0.15, -0.1) is 0 Å². The lowest BCUT2D eigenvalue weighted by Gasteiger charge is -2.41. The number of phenolic OH excluding ortho intramolecular Hbond substituents is 1. The van der Waals surface area contributed by atoms with Crippen molar-refractivity contribution in [2.75, 3.05) is 0 Å². The van der Waals surface area contributed by atoms with Gasteiger partial charge in [0.05, 0.1) is 0 Å². The molecule has 0 unspecified atom stereocenters. The Balaban J connectivity index is 3.25. The predicted molar refractivity (Wildman–Crippen MR) is 194 cm³/mol. The average molecular weight is 619 g/mol. The van der Waals surface area contributed by atoms with E-state index in [1.165, 1.54) is 33.9 Å². The van der Waals surface area contributed by atoms with Crippen molar-refractivity contribution in [3.05, 3.63) is 69.3 Å². The smallest absolute Gasteiger partial charge is 0.335 e. The lowest BCUT2D eigenvalue weighted by Crippen LogP contribution is -2.32. The van der Waals surface area contributed by atoms with E-state index in [2.05, 4.69) is 74.1 Å². The quantitative estimate of drug-likeness (QED) is 0.0811. The second-order valence-electron chi connectivity index (χ2n) is 13.4. The molecule has 0 spiro atoms. The van der Waals surface area contributed by atoms with Gasteiger partial charge in [-0.05, 0) is 106 Å². The number of carbonyl (C=O) groups is 1. The minimum absolute atomic E-state index is 0.414. The third-order valence-corrected chi connectivity index (χ3v) is 9.82. The Kier molecular flexibility index (Phi) is 17.0. The van der Waals surface area contributed by atoms with Gasteiger partial charge in [-0.3, -0.25) is 0 Å². The summed E-state index contributed by atoms with van der Waals surface area (Å²) in [6.45, 7) is 21.7. The first kappa shape index (κ1) is 38.6. The highest BCUT2D eigenvalue weighted by Gasteiger charge is 2.42. The largest absolute Gasteiger partial charge is 0.507 e. The van der Waals surface area contributed by atoms with Crippen molar-refractivity contribution < 1.29 is 14.6 Å². The predicted octanol–water partition coefficient (Wildman–Crippen LogP) is 12.1. The number of aromatic hydroxyl groups is 1. The Morgan fingerprint density at radius 1 is 0.733 bits per heavy atom. The molecule has 3 nitrogen and oxygen atoms in total. The normalized spacial score (nSPS) is 11.6. The molecule has 0 saturated carbocycles. The number of esters is 1. The molecule has 45 heavy (non-hydrogen) atoms. The maximum Gasteiger partial charge on any atom is 0.335 e. The second kappa shape index (κ2) is 19.9. The maximum atomic E-state index is 13.0. The van der Waals surface area contributed by atoms with Crippen molar-refractivity contribution in [1.82, 2.24) is 0 Å². The molecule has 0 aliphatic heterocycles. The number of hydrogen-bond acceptors (Lipinski definition) is 3. The standard InChI is InChI=1S/C42H66O3/c1-10-17-23-33-29-31(8)30-37(41(33)45-38(43)16-7)42(27-21-14-5,28-22-15-6)39-35(25-19-12-3)32(9)34(24-18-11-2)36(40(39)44)26-20-13-4/h16,29-30,44H,7,10-15,17-28H2,1-6,8-9H3. The molecule has 0 bridgehead atoms. The number of carbonyl (C=O) groups excluding carboxylic acids is 1. The molecule has 0 aliphatic carbocycles. The van der Waals surface area contributed by atoms with Gasteiger partial charge in [-0.1, -0.05) is 117 Å². The van der Waals surface area contributed by atoms with E-state index >= 15 is 0 Å². The highest BCUT2D eigenvalue weighted by atomic mass is 16.5. The van der Waals surface area contributed by atoms with Gasteiger partial charge in [0.1, 0.15) is 11.5 Å². The van der Waals surface area contributed by atoms with Crippen molar-refractivity contribution in [2.45, 2.75) is 176 Å². The van der Waals surface area contributed by atoms with Crippen LogP contribution in [0.4, 0.5) is 0 Å². The molecule has 0 atom stereocenters. The lowest BCUT2D eigenvalue weighted by molar-refractivity contribution is -0.129. The summed E-state index contributed by atoms with van der Waals surface area (Å²) in [5, 5.41) is 12.8. The van der Waals surface area contributed by atoms with E-state index in [1.54, 1.807) is 0 Å². The SMILES string of the molecule is C=CC(=O)Oc1c(CCCC)cc(C)cc1C(CCCC)(CCCC)c1c(O)c(CCCC)c(CCCC)c(C)c1CCCC. The number of aryl methyl sites for hydroxylation is 2. The molecule has 1 N–H and O–H groups in total. The molecule has 2 aromatic rings. The molecule has 252 valence electrons. The minimum atomic E-state index is -0.474. The van der Waals surface area contributed by atoms with E-state index in [0.29, 0.717) is 11.5 Å². The number of ether oxygens (including phenoxy) is 1. The van der Waals surface area contributed by atoms with Gasteiger partial charge in [0.25, 0.3) is 0 Å². The topological polar surface area (TPSA) is 46.5 Å². The molecular weight excluding hydrogens is 552 g/mol. The van der Waals surface area contributed by atoms with Crippen LogP contribution < -0.4 is 4.74 Å². The van der Waals surface area contributed by atoms with Crippen molar-refractivity contribution in [1.29, 1.82) is 0 Å². The molecular formula is C42H66O3. The molecule has 2 rings (SSSR count).